The lowest BCUT2D eigenvalue weighted by Gasteiger charge is -2.17. The zero-order chi connectivity index (χ0) is 17.5. The maximum Gasteiger partial charge on any atom is 0.323 e. The van der Waals surface area contributed by atoms with Crippen LogP contribution in [0.25, 0.3) is 11.3 Å². The van der Waals surface area contributed by atoms with Crippen LogP contribution in [0.2, 0.25) is 0 Å². The van der Waals surface area contributed by atoms with Gasteiger partial charge in [0, 0.05) is 37.5 Å². The molecule has 0 aliphatic carbocycles. The molecule has 2 rings (SSSR count). The Morgan fingerprint density at radius 3 is 2.42 bits per heavy atom. The normalized spacial score (nSPS) is 10.3. The van der Waals surface area contributed by atoms with Crippen molar-refractivity contribution in [1.29, 1.82) is 0 Å². The van der Waals surface area contributed by atoms with E-state index in [4.69, 9.17) is 0 Å². The molecule has 0 saturated heterocycles. The number of carbonyl (C=O) groups is 2. The Labute approximate surface area is 145 Å². The van der Waals surface area contributed by atoms with E-state index in [2.05, 4.69) is 15.6 Å². The van der Waals surface area contributed by atoms with Gasteiger partial charge in [-0.2, -0.15) is 0 Å². The van der Waals surface area contributed by atoms with E-state index < -0.39 is 0 Å². The number of carbonyl (C=O) groups excluding carboxylic acids is 2. The lowest BCUT2D eigenvalue weighted by Crippen LogP contribution is -2.34. The molecule has 128 valence electrons. The van der Waals surface area contributed by atoms with Crippen LogP contribution in [0, 0.1) is 0 Å². The summed E-state index contributed by atoms with van der Waals surface area (Å²) < 4.78 is 0. The minimum atomic E-state index is -0.133. The zero-order valence-electron chi connectivity index (χ0n) is 14.1. The maximum absolute atomic E-state index is 12.0. The minimum absolute atomic E-state index is 0.0489. The van der Waals surface area contributed by atoms with E-state index in [1.54, 1.807) is 4.90 Å². The molecule has 0 bridgehead atoms. The van der Waals surface area contributed by atoms with Crippen LogP contribution in [0.15, 0.2) is 29.6 Å². The van der Waals surface area contributed by atoms with Gasteiger partial charge in [-0.25, -0.2) is 9.78 Å². The Balaban J connectivity index is 2.02. The van der Waals surface area contributed by atoms with Crippen LogP contribution in [-0.4, -0.2) is 34.9 Å². The number of aromatic nitrogens is 1. The van der Waals surface area contributed by atoms with E-state index in [0.717, 1.165) is 16.8 Å². The fourth-order valence-electron chi connectivity index (χ4n) is 2.16. The molecular formula is C17H22N4O2S. The van der Waals surface area contributed by atoms with Crippen LogP contribution in [0.3, 0.4) is 0 Å². The third kappa shape index (κ3) is 4.79. The van der Waals surface area contributed by atoms with Crippen LogP contribution in [0.5, 0.6) is 0 Å². The molecule has 2 aromatic rings. The molecule has 2 N–H and O–H groups in total. The average molecular weight is 346 g/mol. The smallest absolute Gasteiger partial charge is 0.323 e. The number of hydrogen-bond acceptors (Lipinski definition) is 4. The van der Waals surface area contributed by atoms with Gasteiger partial charge in [-0.05, 0) is 19.4 Å². The topological polar surface area (TPSA) is 74.3 Å². The van der Waals surface area contributed by atoms with Crippen LogP contribution in [0.1, 0.15) is 26.3 Å². The van der Waals surface area contributed by atoms with Crippen LogP contribution in [0.4, 0.5) is 9.93 Å². The second-order valence-electron chi connectivity index (χ2n) is 5.25. The van der Waals surface area contributed by atoms with Gasteiger partial charge in [-0.15, -0.1) is 11.3 Å². The molecule has 1 heterocycles. The Morgan fingerprint density at radius 1 is 1.17 bits per heavy atom. The van der Waals surface area contributed by atoms with Crippen molar-refractivity contribution in [3.63, 3.8) is 0 Å². The lowest BCUT2D eigenvalue weighted by atomic mass is 10.1. The lowest BCUT2D eigenvalue weighted by molar-refractivity contribution is -0.119. The molecule has 0 aliphatic rings. The average Bonchev–Trinajstić information content (AvgIpc) is 3.03. The maximum atomic E-state index is 12.0. The molecule has 6 nitrogen and oxygen atoms in total. The van der Waals surface area contributed by atoms with E-state index in [9.17, 15) is 9.59 Å². The molecule has 0 spiro atoms. The predicted molar refractivity (Wildman–Crippen MR) is 97.0 cm³/mol. The van der Waals surface area contributed by atoms with Gasteiger partial charge in [-0.3, -0.25) is 10.1 Å². The molecule has 0 atom stereocenters. The fourth-order valence-corrected chi connectivity index (χ4v) is 2.87. The molecule has 24 heavy (non-hydrogen) atoms. The Hall–Kier alpha value is -2.41. The van der Waals surface area contributed by atoms with Crippen molar-refractivity contribution in [3.8, 4) is 11.3 Å². The largest absolute Gasteiger partial charge is 0.352 e. The van der Waals surface area contributed by atoms with Crippen molar-refractivity contribution >= 4 is 28.4 Å². The van der Waals surface area contributed by atoms with E-state index in [0.29, 0.717) is 24.8 Å². The van der Waals surface area contributed by atoms with Gasteiger partial charge in [-0.1, -0.05) is 24.3 Å². The number of hydrogen-bond donors (Lipinski definition) is 2. The first-order valence-corrected chi connectivity index (χ1v) is 8.76. The van der Waals surface area contributed by atoms with Crippen LogP contribution >= 0.6 is 11.3 Å². The summed E-state index contributed by atoms with van der Waals surface area (Å²) >= 11 is 1.40. The predicted octanol–water partition coefficient (Wildman–Crippen LogP) is 3.32. The highest BCUT2D eigenvalue weighted by molar-refractivity contribution is 7.14. The Bertz CT molecular complexity index is 693. The van der Waals surface area contributed by atoms with E-state index in [1.807, 2.05) is 43.5 Å². The van der Waals surface area contributed by atoms with Gasteiger partial charge >= 0.3 is 6.03 Å². The number of anilines is 1. The molecule has 1 aromatic heterocycles. The number of rotatable bonds is 6. The summed E-state index contributed by atoms with van der Waals surface area (Å²) in [6.07, 6.45) is 0. The molecule has 1 aromatic carbocycles. The Kier molecular flexibility index (Phi) is 6.31. The summed E-state index contributed by atoms with van der Waals surface area (Å²) in [5.41, 5.74) is 2.82. The number of thiazole rings is 1. The SMILES string of the molecule is CCN(CC)C(=O)Nc1nc(-c2ccc(CNC(C)=O)cc2)cs1. The second kappa shape index (κ2) is 8.44. The minimum Gasteiger partial charge on any atom is -0.352 e. The summed E-state index contributed by atoms with van der Waals surface area (Å²) in [6.45, 7) is 7.22. The molecule has 7 heteroatoms. The van der Waals surface area contributed by atoms with Crippen molar-refractivity contribution in [1.82, 2.24) is 15.2 Å². The van der Waals surface area contributed by atoms with Crippen molar-refractivity contribution in [3.05, 3.63) is 35.2 Å². The molecule has 0 saturated carbocycles. The zero-order valence-corrected chi connectivity index (χ0v) is 14.9. The molecule has 3 amide bonds. The summed E-state index contributed by atoms with van der Waals surface area (Å²) in [7, 11) is 0. The van der Waals surface area contributed by atoms with Gasteiger partial charge in [0.2, 0.25) is 5.91 Å². The highest BCUT2D eigenvalue weighted by Gasteiger charge is 2.12. The van der Waals surface area contributed by atoms with Gasteiger partial charge in [0.05, 0.1) is 5.69 Å². The van der Waals surface area contributed by atoms with Gasteiger partial charge in [0.25, 0.3) is 0 Å². The fraction of sp³-hybridized carbons (Fsp3) is 0.353. The summed E-state index contributed by atoms with van der Waals surface area (Å²) in [6, 6.07) is 7.70. The first-order valence-electron chi connectivity index (χ1n) is 7.88. The van der Waals surface area contributed by atoms with Crippen LogP contribution < -0.4 is 10.6 Å². The molecule has 0 unspecified atom stereocenters. The number of amides is 3. The van der Waals surface area contributed by atoms with Crippen molar-refractivity contribution in [2.45, 2.75) is 27.3 Å². The standard InChI is InChI=1S/C17H22N4O2S/c1-4-21(5-2)17(23)20-16-19-15(11-24-16)14-8-6-13(7-9-14)10-18-12(3)22/h6-9,11H,4-5,10H2,1-3H3,(H,18,22)(H,19,20,23). The number of urea groups is 1. The highest BCUT2D eigenvalue weighted by atomic mass is 32.1. The third-order valence-corrected chi connectivity index (χ3v) is 4.32. The first-order chi connectivity index (χ1) is 11.5. The molecule has 0 radical (unpaired) electrons. The molecule has 0 aliphatic heterocycles. The Morgan fingerprint density at radius 2 is 1.83 bits per heavy atom. The molecule has 0 fully saturated rings. The molecular weight excluding hydrogens is 324 g/mol. The van der Waals surface area contributed by atoms with Gasteiger partial charge in [0.15, 0.2) is 5.13 Å². The van der Waals surface area contributed by atoms with Crippen LogP contribution in [-0.2, 0) is 11.3 Å². The van der Waals surface area contributed by atoms with E-state index in [-0.39, 0.29) is 11.9 Å². The summed E-state index contributed by atoms with van der Waals surface area (Å²) in [5, 5.41) is 8.09. The quantitative estimate of drug-likeness (QED) is 0.842. The van der Waals surface area contributed by atoms with E-state index >= 15 is 0 Å². The monoisotopic (exact) mass is 346 g/mol. The second-order valence-corrected chi connectivity index (χ2v) is 6.11. The number of benzene rings is 1. The first kappa shape index (κ1) is 17.9. The number of nitrogens with one attached hydrogen (secondary N) is 2. The van der Waals surface area contributed by atoms with Crippen molar-refractivity contribution < 1.29 is 9.59 Å². The van der Waals surface area contributed by atoms with Crippen molar-refractivity contribution in [2.75, 3.05) is 18.4 Å². The third-order valence-electron chi connectivity index (χ3n) is 3.56. The summed E-state index contributed by atoms with van der Waals surface area (Å²) in [4.78, 5) is 29.1. The van der Waals surface area contributed by atoms with Gasteiger partial charge < -0.3 is 10.2 Å². The number of nitrogens with zero attached hydrogens (tertiary/aromatic N) is 2. The van der Waals surface area contributed by atoms with Crippen molar-refractivity contribution in [2.24, 2.45) is 0 Å². The van der Waals surface area contributed by atoms with E-state index in [1.165, 1.54) is 18.3 Å². The summed E-state index contributed by atoms with van der Waals surface area (Å²) in [5.74, 6) is -0.0489. The van der Waals surface area contributed by atoms with Gasteiger partial charge in [0.1, 0.15) is 0 Å². The highest BCUT2D eigenvalue weighted by Crippen LogP contribution is 2.25.